The summed E-state index contributed by atoms with van der Waals surface area (Å²) in [5.41, 5.74) is 1.52. The molecule has 27 heavy (non-hydrogen) atoms. The molecule has 0 spiro atoms. The number of ether oxygens (including phenoxy) is 1. The number of carbonyl (C=O) groups excluding carboxylic acids is 3. The summed E-state index contributed by atoms with van der Waals surface area (Å²) in [4.78, 5) is 38.3. The van der Waals surface area contributed by atoms with Gasteiger partial charge in [-0.25, -0.2) is 0 Å². The number of carbonyl (C=O) groups is 3. The van der Waals surface area contributed by atoms with E-state index in [0.717, 1.165) is 18.4 Å². The molecule has 1 aliphatic heterocycles. The molecule has 0 radical (unpaired) electrons. The number of nitrogens with zero attached hydrogens (tertiary/aromatic N) is 1. The average molecular weight is 396 g/mol. The molecule has 1 atom stereocenters. The summed E-state index contributed by atoms with van der Waals surface area (Å²) in [6, 6.07) is 4.54. The minimum atomic E-state index is -0.709. The maximum atomic E-state index is 12.4. The van der Waals surface area contributed by atoms with E-state index in [2.05, 4.69) is 10.6 Å². The van der Waals surface area contributed by atoms with E-state index in [4.69, 9.17) is 16.3 Å². The Morgan fingerprint density at radius 3 is 2.93 bits per heavy atom. The molecule has 1 heterocycles. The van der Waals surface area contributed by atoms with Gasteiger partial charge < -0.3 is 15.4 Å². The van der Waals surface area contributed by atoms with Gasteiger partial charge in [0.2, 0.25) is 11.8 Å². The number of hydrogen-bond acceptors (Lipinski definition) is 5. The maximum absolute atomic E-state index is 12.4. The molecule has 0 saturated carbocycles. The lowest BCUT2D eigenvalue weighted by Crippen LogP contribution is -2.57. The van der Waals surface area contributed by atoms with Crippen LogP contribution < -0.4 is 10.6 Å². The van der Waals surface area contributed by atoms with Gasteiger partial charge in [0.25, 0.3) is 0 Å². The Bertz CT molecular complexity index is 696. The van der Waals surface area contributed by atoms with Crippen LogP contribution in [0.15, 0.2) is 18.2 Å². The highest BCUT2D eigenvalue weighted by Crippen LogP contribution is 2.20. The molecular formula is C19H26ClN3O4. The zero-order valence-corrected chi connectivity index (χ0v) is 16.5. The quantitative estimate of drug-likeness (QED) is 0.520. The highest BCUT2D eigenvalue weighted by molar-refractivity contribution is 6.31. The molecule has 148 valence electrons. The van der Waals surface area contributed by atoms with E-state index < -0.39 is 12.0 Å². The van der Waals surface area contributed by atoms with Crippen molar-refractivity contribution in [3.05, 3.63) is 28.8 Å². The van der Waals surface area contributed by atoms with Gasteiger partial charge in [0, 0.05) is 23.8 Å². The van der Waals surface area contributed by atoms with Crippen LogP contribution in [0.2, 0.25) is 5.02 Å². The van der Waals surface area contributed by atoms with Crippen LogP contribution in [0.5, 0.6) is 0 Å². The van der Waals surface area contributed by atoms with Crippen molar-refractivity contribution >= 4 is 35.1 Å². The fraction of sp³-hybridized carbons (Fsp3) is 0.526. The number of aryl methyl sites for hydroxylation is 1. The third kappa shape index (κ3) is 6.52. The molecule has 1 aliphatic rings. The predicted octanol–water partition coefficient (Wildman–Crippen LogP) is 2.12. The Morgan fingerprint density at radius 1 is 1.41 bits per heavy atom. The number of amides is 2. The van der Waals surface area contributed by atoms with Gasteiger partial charge in [0.15, 0.2) is 0 Å². The Labute approximate surface area is 164 Å². The minimum absolute atomic E-state index is 0.00623. The molecule has 1 aromatic rings. The second kappa shape index (κ2) is 10.3. The van der Waals surface area contributed by atoms with Gasteiger partial charge in [0.05, 0.1) is 19.6 Å². The van der Waals surface area contributed by atoms with E-state index in [1.54, 1.807) is 17.0 Å². The largest absolute Gasteiger partial charge is 0.466 e. The molecule has 2 amide bonds. The molecule has 1 saturated heterocycles. The lowest BCUT2D eigenvalue weighted by Gasteiger charge is -2.33. The Kier molecular flexibility index (Phi) is 8.06. The highest BCUT2D eigenvalue weighted by atomic mass is 35.5. The maximum Gasteiger partial charge on any atom is 0.307 e. The Morgan fingerprint density at radius 2 is 2.19 bits per heavy atom. The van der Waals surface area contributed by atoms with Crippen molar-refractivity contribution < 1.29 is 19.1 Å². The fourth-order valence-electron chi connectivity index (χ4n) is 2.82. The normalized spacial score (nSPS) is 17.3. The van der Waals surface area contributed by atoms with Crippen molar-refractivity contribution in [3.63, 3.8) is 0 Å². The number of hydrogen-bond donors (Lipinski definition) is 2. The molecule has 1 fully saturated rings. The fourth-order valence-corrected chi connectivity index (χ4v) is 3.00. The summed E-state index contributed by atoms with van der Waals surface area (Å²) in [5, 5.41) is 6.08. The Balaban J connectivity index is 1.96. The number of halogens is 1. The summed E-state index contributed by atoms with van der Waals surface area (Å²) >= 11 is 5.98. The van der Waals surface area contributed by atoms with Crippen molar-refractivity contribution in [2.45, 2.75) is 39.2 Å². The summed E-state index contributed by atoms with van der Waals surface area (Å²) in [7, 11) is 0. The monoisotopic (exact) mass is 395 g/mol. The van der Waals surface area contributed by atoms with Crippen LogP contribution in [0.3, 0.4) is 0 Å². The van der Waals surface area contributed by atoms with Gasteiger partial charge in [-0.2, -0.15) is 0 Å². The SMILES string of the molecule is CCCCOC(=O)CC1C(=O)NCCN1CC(=O)Nc1cc(Cl)ccc1C. The molecule has 0 aromatic heterocycles. The smallest absolute Gasteiger partial charge is 0.307 e. The van der Waals surface area contributed by atoms with Crippen LogP contribution in [0, 0.1) is 6.92 Å². The standard InChI is InChI=1S/C19H26ClN3O4/c1-3-4-9-27-18(25)11-16-19(26)21-7-8-23(16)12-17(24)22-15-10-14(20)6-5-13(15)2/h5-6,10,16H,3-4,7-9,11-12H2,1-2H3,(H,21,26)(H,22,24). The van der Waals surface area contributed by atoms with E-state index in [1.807, 2.05) is 19.9 Å². The van der Waals surface area contributed by atoms with E-state index >= 15 is 0 Å². The summed E-state index contributed by atoms with van der Waals surface area (Å²) in [6.45, 7) is 5.15. The molecule has 0 bridgehead atoms. The lowest BCUT2D eigenvalue weighted by molar-refractivity contribution is -0.149. The topological polar surface area (TPSA) is 87.7 Å². The number of unbranched alkanes of at least 4 members (excludes halogenated alkanes) is 1. The lowest BCUT2D eigenvalue weighted by atomic mass is 10.1. The summed E-state index contributed by atoms with van der Waals surface area (Å²) < 4.78 is 5.15. The number of nitrogens with one attached hydrogen (secondary N) is 2. The third-order valence-corrected chi connectivity index (χ3v) is 4.62. The van der Waals surface area contributed by atoms with Crippen LogP contribution in [0.25, 0.3) is 0 Å². The van der Waals surface area contributed by atoms with Crippen molar-refractivity contribution in [2.75, 3.05) is 31.6 Å². The predicted molar refractivity (Wildman–Crippen MR) is 104 cm³/mol. The third-order valence-electron chi connectivity index (χ3n) is 4.38. The second-order valence-electron chi connectivity index (χ2n) is 6.56. The van der Waals surface area contributed by atoms with E-state index in [-0.39, 0.29) is 24.8 Å². The van der Waals surface area contributed by atoms with Crippen molar-refractivity contribution in [2.24, 2.45) is 0 Å². The van der Waals surface area contributed by atoms with E-state index in [0.29, 0.717) is 30.4 Å². The van der Waals surface area contributed by atoms with Gasteiger partial charge in [-0.1, -0.05) is 31.0 Å². The molecule has 1 unspecified atom stereocenters. The van der Waals surface area contributed by atoms with Crippen LogP contribution in [0.4, 0.5) is 5.69 Å². The molecule has 2 rings (SSSR count). The van der Waals surface area contributed by atoms with Crippen molar-refractivity contribution in [3.8, 4) is 0 Å². The molecule has 0 aliphatic carbocycles. The molecule has 7 nitrogen and oxygen atoms in total. The van der Waals surface area contributed by atoms with Crippen LogP contribution in [-0.4, -0.2) is 55.0 Å². The molecule has 8 heteroatoms. The number of rotatable bonds is 8. The van der Waals surface area contributed by atoms with Gasteiger partial charge >= 0.3 is 5.97 Å². The average Bonchev–Trinajstić information content (AvgIpc) is 2.61. The van der Waals surface area contributed by atoms with Crippen molar-refractivity contribution in [1.29, 1.82) is 0 Å². The van der Waals surface area contributed by atoms with Crippen LogP contribution in [-0.2, 0) is 19.1 Å². The summed E-state index contributed by atoms with van der Waals surface area (Å²) in [6.07, 6.45) is 1.64. The van der Waals surface area contributed by atoms with Gasteiger partial charge in [0.1, 0.15) is 6.04 Å². The zero-order chi connectivity index (χ0) is 19.8. The van der Waals surface area contributed by atoms with Gasteiger partial charge in [-0.05, 0) is 31.0 Å². The van der Waals surface area contributed by atoms with Crippen molar-refractivity contribution in [1.82, 2.24) is 10.2 Å². The number of esters is 1. The minimum Gasteiger partial charge on any atom is -0.466 e. The Hall–Kier alpha value is -2.12. The zero-order valence-electron chi connectivity index (χ0n) is 15.7. The first kappa shape index (κ1) is 21.2. The molecule has 1 aromatic carbocycles. The van der Waals surface area contributed by atoms with Gasteiger partial charge in [-0.15, -0.1) is 0 Å². The first-order valence-electron chi connectivity index (χ1n) is 9.14. The second-order valence-corrected chi connectivity index (χ2v) is 7.00. The number of anilines is 1. The molecule has 2 N–H and O–H groups in total. The summed E-state index contributed by atoms with van der Waals surface area (Å²) in [5.74, 6) is -0.957. The number of benzene rings is 1. The van der Waals surface area contributed by atoms with Crippen LogP contribution >= 0.6 is 11.6 Å². The highest BCUT2D eigenvalue weighted by Gasteiger charge is 2.33. The number of piperazine rings is 1. The van der Waals surface area contributed by atoms with Crippen LogP contribution in [0.1, 0.15) is 31.7 Å². The first-order chi connectivity index (χ1) is 12.9. The first-order valence-corrected chi connectivity index (χ1v) is 9.52. The van der Waals surface area contributed by atoms with Gasteiger partial charge in [-0.3, -0.25) is 19.3 Å². The van der Waals surface area contributed by atoms with E-state index in [9.17, 15) is 14.4 Å². The van der Waals surface area contributed by atoms with E-state index in [1.165, 1.54) is 0 Å². The molecular weight excluding hydrogens is 370 g/mol.